The van der Waals surface area contributed by atoms with Crippen LogP contribution >= 0.6 is 28.3 Å². The maximum absolute atomic E-state index is 11.6. The molecule has 1 aromatic rings. The molecule has 1 aliphatic rings. The van der Waals surface area contributed by atoms with Gasteiger partial charge in [0.1, 0.15) is 12.4 Å². The molecule has 0 radical (unpaired) electrons. The van der Waals surface area contributed by atoms with Gasteiger partial charge in [-0.05, 0) is 43.7 Å². The van der Waals surface area contributed by atoms with Crippen LogP contribution in [0.1, 0.15) is 19.3 Å². The molecule has 6 heteroatoms. The van der Waals surface area contributed by atoms with Gasteiger partial charge in [0.2, 0.25) is 5.91 Å². The molecule has 1 heterocycles. The molecule has 2 N–H and O–H groups in total. The molecular formula is C14H20BrClN2O2. The third-order valence-corrected chi connectivity index (χ3v) is 3.63. The summed E-state index contributed by atoms with van der Waals surface area (Å²) in [4.78, 5) is 11.6. The van der Waals surface area contributed by atoms with E-state index in [0.717, 1.165) is 23.2 Å². The standard InChI is InChI=1S/C14H19BrN2O2.ClH/c15-11-3-5-13(6-4-11)19-9-8-17-14(18)10-12-2-1-7-16-12;/h3-6,12,16H,1-2,7-10H2,(H,17,18);1H. The fourth-order valence-corrected chi connectivity index (χ4v) is 2.38. The van der Waals surface area contributed by atoms with Crippen molar-refractivity contribution in [3.05, 3.63) is 28.7 Å². The number of benzene rings is 1. The molecule has 0 spiro atoms. The second kappa shape index (κ2) is 9.21. The number of amides is 1. The van der Waals surface area contributed by atoms with E-state index in [1.165, 1.54) is 6.42 Å². The molecule has 1 amide bonds. The molecule has 0 saturated carbocycles. The average Bonchev–Trinajstić information content (AvgIpc) is 2.89. The lowest BCUT2D eigenvalue weighted by Gasteiger charge is -2.11. The molecule has 0 aromatic heterocycles. The second-order valence-corrected chi connectivity index (χ2v) is 5.57. The predicted molar refractivity (Wildman–Crippen MR) is 85.5 cm³/mol. The van der Waals surface area contributed by atoms with Gasteiger partial charge in [0.15, 0.2) is 0 Å². The Balaban J connectivity index is 0.00000200. The highest BCUT2D eigenvalue weighted by Crippen LogP contribution is 2.15. The van der Waals surface area contributed by atoms with Gasteiger partial charge in [-0.2, -0.15) is 0 Å². The maximum atomic E-state index is 11.6. The van der Waals surface area contributed by atoms with Gasteiger partial charge in [0, 0.05) is 16.9 Å². The van der Waals surface area contributed by atoms with Gasteiger partial charge in [0.25, 0.3) is 0 Å². The Bertz CT molecular complexity index is 408. The second-order valence-electron chi connectivity index (χ2n) is 4.65. The topological polar surface area (TPSA) is 50.4 Å². The van der Waals surface area contributed by atoms with Gasteiger partial charge < -0.3 is 15.4 Å². The minimum Gasteiger partial charge on any atom is -0.492 e. The quantitative estimate of drug-likeness (QED) is 0.764. The minimum absolute atomic E-state index is 0. The Kier molecular flexibility index (Phi) is 7.95. The number of hydrogen-bond acceptors (Lipinski definition) is 3. The number of hydrogen-bond donors (Lipinski definition) is 2. The smallest absolute Gasteiger partial charge is 0.221 e. The highest BCUT2D eigenvalue weighted by atomic mass is 79.9. The lowest BCUT2D eigenvalue weighted by molar-refractivity contribution is -0.121. The predicted octanol–water partition coefficient (Wildman–Crippen LogP) is 2.51. The van der Waals surface area contributed by atoms with Gasteiger partial charge in [-0.1, -0.05) is 15.9 Å². The number of nitrogens with one attached hydrogen (secondary N) is 2. The summed E-state index contributed by atoms with van der Waals surface area (Å²) in [5.41, 5.74) is 0. The first kappa shape index (κ1) is 17.3. The number of ether oxygens (including phenoxy) is 1. The zero-order valence-corrected chi connectivity index (χ0v) is 13.6. The molecule has 112 valence electrons. The average molecular weight is 364 g/mol. The Morgan fingerprint density at radius 2 is 2.15 bits per heavy atom. The first-order valence-corrected chi connectivity index (χ1v) is 7.42. The zero-order valence-electron chi connectivity index (χ0n) is 11.2. The van der Waals surface area contributed by atoms with E-state index in [9.17, 15) is 4.79 Å². The number of carbonyl (C=O) groups excluding carboxylic acids is 1. The summed E-state index contributed by atoms with van der Waals surface area (Å²) in [6.45, 7) is 2.07. The molecule has 1 saturated heterocycles. The molecule has 0 bridgehead atoms. The van der Waals surface area contributed by atoms with Crippen LogP contribution in [0.5, 0.6) is 5.75 Å². The molecular weight excluding hydrogens is 344 g/mol. The van der Waals surface area contributed by atoms with Crippen LogP contribution in [0.25, 0.3) is 0 Å². The molecule has 4 nitrogen and oxygen atoms in total. The van der Waals surface area contributed by atoms with E-state index in [0.29, 0.717) is 25.6 Å². The van der Waals surface area contributed by atoms with Crippen LogP contribution in [-0.4, -0.2) is 31.6 Å². The molecule has 1 fully saturated rings. The maximum Gasteiger partial charge on any atom is 0.221 e. The van der Waals surface area contributed by atoms with Crippen LogP contribution < -0.4 is 15.4 Å². The lowest BCUT2D eigenvalue weighted by Crippen LogP contribution is -2.33. The summed E-state index contributed by atoms with van der Waals surface area (Å²) in [5, 5.41) is 6.19. The molecule has 1 unspecified atom stereocenters. The van der Waals surface area contributed by atoms with Crippen LogP contribution in [0.4, 0.5) is 0 Å². The third-order valence-electron chi connectivity index (χ3n) is 3.10. The Morgan fingerprint density at radius 1 is 1.40 bits per heavy atom. The summed E-state index contributed by atoms with van der Waals surface area (Å²) >= 11 is 3.37. The summed E-state index contributed by atoms with van der Waals surface area (Å²) in [7, 11) is 0. The molecule has 1 aromatic carbocycles. The SMILES string of the molecule is Cl.O=C(CC1CCCN1)NCCOc1ccc(Br)cc1. The number of carbonyl (C=O) groups is 1. The fraction of sp³-hybridized carbons (Fsp3) is 0.500. The van der Waals surface area contributed by atoms with Crippen molar-refractivity contribution in [3.8, 4) is 5.75 Å². The van der Waals surface area contributed by atoms with E-state index in [1.807, 2.05) is 24.3 Å². The first-order valence-electron chi connectivity index (χ1n) is 6.62. The first-order chi connectivity index (χ1) is 9.24. The van der Waals surface area contributed by atoms with E-state index in [4.69, 9.17) is 4.74 Å². The zero-order chi connectivity index (χ0) is 13.5. The largest absolute Gasteiger partial charge is 0.492 e. The van der Waals surface area contributed by atoms with E-state index < -0.39 is 0 Å². The van der Waals surface area contributed by atoms with Crippen molar-refractivity contribution in [2.75, 3.05) is 19.7 Å². The fourth-order valence-electron chi connectivity index (χ4n) is 2.12. The van der Waals surface area contributed by atoms with Crippen molar-refractivity contribution >= 4 is 34.2 Å². The Labute approximate surface area is 134 Å². The highest BCUT2D eigenvalue weighted by Gasteiger charge is 2.16. The van der Waals surface area contributed by atoms with Crippen molar-refractivity contribution < 1.29 is 9.53 Å². The van der Waals surface area contributed by atoms with Crippen LogP contribution in [0.3, 0.4) is 0 Å². The monoisotopic (exact) mass is 362 g/mol. The van der Waals surface area contributed by atoms with Crippen molar-refractivity contribution in [2.24, 2.45) is 0 Å². The summed E-state index contributed by atoms with van der Waals surface area (Å²) in [6.07, 6.45) is 2.84. The van der Waals surface area contributed by atoms with Gasteiger partial charge in [-0.3, -0.25) is 4.79 Å². The molecule has 2 rings (SSSR count). The van der Waals surface area contributed by atoms with Crippen LogP contribution in [-0.2, 0) is 4.79 Å². The highest BCUT2D eigenvalue weighted by molar-refractivity contribution is 9.10. The van der Waals surface area contributed by atoms with Crippen molar-refractivity contribution in [3.63, 3.8) is 0 Å². The summed E-state index contributed by atoms with van der Waals surface area (Å²) in [6, 6.07) is 8.01. The van der Waals surface area contributed by atoms with Crippen molar-refractivity contribution in [2.45, 2.75) is 25.3 Å². The molecule has 20 heavy (non-hydrogen) atoms. The normalized spacial score (nSPS) is 17.4. The van der Waals surface area contributed by atoms with Gasteiger partial charge in [0.05, 0.1) is 6.54 Å². The van der Waals surface area contributed by atoms with Gasteiger partial charge in [-0.25, -0.2) is 0 Å². The van der Waals surface area contributed by atoms with Crippen LogP contribution in [0.15, 0.2) is 28.7 Å². The lowest BCUT2D eigenvalue weighted by atomic mass is 10.1. The molecule has 0 aliphatic carbocycles. The van der Waals surface area contributed by atoms with Crippen molar-refractivity contribution in [1.82, 2.24) is 10.6 Å². The van der Waals surface area contributed by atoms with E-state index in [1.54, 1.807) is 0 Å². The Hall–Kier alpha value is -0.780. The van der Waals surface area contributed by atoms with Gasteiger partial charge >= 0.3 is 0 Å². The minimum atomic E-state index is 0. The third kappa shape index (κ3) is 6.11. The molecule has 1 atom stereocenters. The van der Waals surface area contributed by atoms with E-state index in [-0.39, 0.29) is 18.3 Å². The van der Waals surface area contributed by atoms with Gasteiger partial charge in [-0.15, -0.1) is 12.4 Å². The summed E-state index contributed by atoms with van der Waals surface area (Å²) in [5.74, 6) is 0.911. The Morgan fingerprint density at radius 3 is 2.80 bits per heavy atom. The number of halogens is 2. The molecule has 1 aliphatic heterocycles. The summed E-state index contributed by atoms with van der Waals surface area (Å²) < 4.78 is 6.56. The van der Waals surface area contributed by atoms with Crippen LogP contribution in [0, 0.1) is 0 Å². The van der Waals surface area contributed by atoms with Crippen molar-refractivity contribution in [1.29, 1.82) is 0 Å². The number of rotatable bonds is 6. The van der Waals surface area contributed by atoms with E-state index >= 15 is 0 Å². The van der Waals surface area contributed by atoms with E-state index in [2.05, 4.69) is 26.6 Å². The van der Waals surface area contributed by atoms with Crippen LogP contribution in [0.2, 0.25) is 0 Å².